The normalized spacial score (nSPS) is 11.8. The van der Waals surface area contributed by atoms with Gasteiger partial charge >= 0.3 is 6.09 Å². The minimum Gasteiger partial charge on any atom is -0.505 e. The van der Waals surface area contributed by atoms with Crippen LogP contribution in [-0.4, -0.2) is 87.8 Å². The Labute approximate surface area is 256 Å². The molecule has 0 atom stereocenters. The number of aromatic hydroxyl groups is 1. The molecule has 0 radical (unpaired) electrons. The van der Waals surface area contributed by atoms with Crippen molar-refractivity contribution in [1.29, 1.82) is 0 Å². The molecule has 1 aromatic carbocycles. The summed E-state index contributed by atoms with van der Waals surface area (Å²) in [5, 5.41) is 15.7. The zero-order valence-corrected chi connectivity index (χ0v) is 26.7. The zero-order valence-electron chi connectivity index (χ0n) is 25.1. The summed E-state index contributed by atoms with van der Waals surface area (Å²) in [6.07, 6.45) is 4.31. The van der Waals surface area contributed by atoms with Gasteiger partial charge in [0.25, 0.3) is 11.5 Å². The molecule has 0 aliphatic carbocycles. The van der Waals surface area contributed by atoms with Crippen molar-refractivity contribution in [3.8, 4) is 5.75 Å². The number of sulfonamides is 2. The average Bonchev–Trinajstić information content (AvgIpc) is 2.90. The first-order chi connectivity index (χ1) is 20.4. The van der Waals surface area contributed by atoms with Gasteiger partial charge in [-0.05, 0) is 32.4 Å². The SMILES string of the molecule is CC(C)(C)OC(=O)NCCNS(C)(=O)=O.CS(=O)(=O)NCCNC(=O)c1ncc2c(=O)n(Cc3ccccc3)ccc2c1O. The summed E-state index contributed by atoms with van der Waals surface area (Å²) < 4.78 is 54.2. The molecule has 3 rings (SSSR count). The highest BCUT2D eigenvalue weighted by atomic mass is 32.2. The Morgan fingerprint density at radius 1 is 0.886 bits per heavy atom. The number of benzene rings is 1. The second-order valence-electron chi connectivity index (χ2n) is 10.5. The van der Waals surface area contributed by atoms with Crippen LogP contribution in [0.15, 0.2) is 53.6 Å². The number of aromatic nitrogens is 2. The average molecular weight is 655 g/mol. The number of carbonyl (C=O) groups excluding carboxylic acids is 2. The smallest absolute Gasteiger partial charge is 0.407 e. The third-order valence-corrected chi connectivity index (χ3v) is 6.80. The maximum Gasteiger partial charge on any atom is 0.407 e. The minimum absolute atomic E-state index is 0.00309. The molecule has 0 saturated heterocycles. The molecular formula is C27H38N6O9S2. The van der Waals surface area contributed by atoms with E-state index in [4.69, 9.17) is 4.74 Å². The van der Waals surface area contributed by atoms with Crippen LogP contribution in [0.25, 0.3) is 10.8 Å². The zero-order chi connectivity index (χ0) is 33.1. The molecule has 0 aliphatic rings. The summed E-state index contributed by atoms with van der Waals surface area (Å²) in [6.45, 7) is 5.99. The number of rotatable bonds is 11. The quantitative estimate of drug-likeness (QED) is 0.180. The Morgan fingerprint density at radius 3 is 2.00 bits per heavy atom. The Morgan fingerprint density at radius 2 is 1.45 bits per heavy atom. The summed E-state index contributed by atoms with van der Waals surface area (Å²) in [6, 6.07) is 11.0. The molecule has 0 aliphatic heterocycles. The molecule has 2 amide bonds. The molecule has 0 bridgehead atoms. The second-order valence-corrected chi connectivity index (χ2v) is 14.2. The lowest BCUT2D eigenvalue weighted by Crippen LogP contribution is -2.37. The van der Waals surface area contributed by atoms with Gasteiger partial charge in [-0.3, -0.25) is 9.59 Å². The number of nitrogens with one attached hydrogen (secondary N) is 4. The fourth-order valence-corrected chi connectivity index (χ4v) is 4.47. The molecule has 15 nitrogen and oxygen atoms in total. The lowest BCUT2D eigenvalue weighted by atomic mass is 10.1. The Hall–Kier alpha value is -4.06. The van der Waals surface area contributed by atoms with Crippen LogP contribution in [0.1, 0.15) is 36.8 Å². The number of nitrogens with zero attached hydrogens (tertiary/aromatic N) is 2. The Kier molecular flexibility index (Phi) is 12.8. The number of alkyl carbamates (subject to hydrolysis) is 1. The number of fused-ring (bicyclic) bond motifs is 1. The van der Waals surface area contributed by atoms with E-state index >= 15 is 0 Å². The van der Waals surface area contributed by atoms with Gasteiger partial charge in [-0.2, -0.15) is 0 Å². The number of hydrogen-bond acceptors (Lipinski definition) is 10. The summed E-state index contributed by atoms with van der Waals surface area (Å²) in [5.74, 6) is -1.08. The predicted octanol–water partition coefficient (Wildman–Crippen LogP) is 0.490. The molecule has 2 aromatic heterocycles. The first-order valence-electron chi connectivity index (χ1n) is 13.3. The van der Waals surface area contributed by atoms with E-state index in [1.807, 2.05) is 30.3 Å². The van der Waals surface area contributed by atoms with E-state index in [0.29, 0.717) is 6.54 Å². The number of ether oxygens (including phenoxy) is 1. The first kappa shape index (κ1) is 36.1. The van der Waals surface area contributed by atoms with Gasteiger partial charge in [0.05, 0.1) is 24.4 Å². The van der Waals surface area contributed by atoms with Gasteiger partial charge in [0.1, 0.15) is 5.60 Å². The molecule has 0 fully saturated rings. The summed E-state index contributed by atoms with van der Waals surface area (Å²) in [4.78, 5) is 40.0. The molecule has 0 spiro atoms. The van der Waals surface area contributed by atoms with Gasteiger partial charge in [0, 0.05) is 44.0 Å². The van der Waals surface area contributed by atoms with Gasteiger partial charge in [-0.1, -0.05) is 30.3 Å². The fraction of sp³-hybridized carbons (Fsp3) is 0.407. The van der Waals surface area contributed by atoms with Gasteiger partial charge in [0.15, 0.2) is 11.4 Å². The lowest BCUT2D eigenvalue weighted by molar-refractivity contribution is 0.0528. The van der Waals surface area contributed by atoms with E-state index in [0.717, 1.165) is 18.1 Å². The van der Waals surface area contributed by atoms with Crippen LogP contribution < -0.4 is 25.6 Å². The number of amides is 2. The highest BCUT2D eigenvalue weighted by molar-refractivity contribution is 7.89. The highest BCUT2D eigenvalue weighted by Gasteiger charge is 2.18. The van der Waals surface area contributed by atoms with Crippen LogP contribution in [-0.2, 0) is 31.3 Å². The van der Waals surface area contributed by atoms with Crippen molar-refractivity contribution in [2.24, 2.45) is 0 Å². The number of hydrogen-bond donors (Lipinski definition) is 5. The molecule has 44 heavy (non-hydrogen) atoms. The van der Waals surface area contributed by atoms with Crippen molar-refractivity contribution >= 4 is 42.8 Å². The highest BCUT2D eigenvalue weighted by Crippen LogP contribution is 2.25. The van der Waals surface area contributed by atoms with Crippen molar-refractivity contribution in [3.63, 3.8) is 0 Å². The van der Waals surface area contributed by atoms with Crippen LogP contribution in [0.2, 0.25) is 0 Å². The van der Waals surface area contributed by atoms with E-state index in [9.17, 15) is 36.3 Å². The topological polar surface area (TPSA) is 215 Å². The van der Waals surface area contributed by atoms with E-state index in [1.54, 1.807) is 33.0 Å². The van der Waals surface area contributed by atoms with Gasteiger partial charge < -0.3 is 25.0 Å². The van der Waals surface area contributed by atoms with Crippen molar-refractivity contribution in [1.82, 2.24) is 29.6 Å². The summed E-state index contributed by atoms with van der Waals surface area (Å²) in [5.41, 5.74) is -0.172. The second kappa shape index (κ2) is 15.6. The lowest BCUT2D eigenvalue weighted by Gasteiger charge is -2.19. The molecule has 0 unspecified atom stereocenters. The minimum atomic E-state index is -3.36. The van der Waals surface area contributed by atoms with Crippen molar-refractivity contribution in [3.05, 3.63) is 70.4 Å². The number of pyridine rings is 2. The molecule has 17 heteroatoms. The van der Waals surface area contributed by atoms with Crippen molar-refractivity contribution < 1.29 is 36.3 Å². The van der Waals surface area contributed by atoms with E-state index in [1.165, 1.54) is 10.8 Å². The first-order valence-corrected chi connectivity index (χ1v) is 17.0. The summed E-state index contributed by atoms with van der Waals surface area (Å²) >= 11 is 0. The van der Waals surface area contributed by atoms with Crippen molar-refractivity contribution in [2.45, 2.75) is 32.9 Å². The molecular weight excluding hydrogens is 616 g/mol. The van der Waals surface area contributed by atoms with E-state index in [2.05, 4.69) is 25.1 Å². The van der Waals surface area contributed by atoms with Crippen LogP contribution in [0.4, 0.5) is 4.79 Å². The molecule has 2 heterocycles. The standard InChI is InChI=1S/C19H20N4O5S.C8H18N2O4S/c1-29(27,28)22-9-8-20-18(25)16-17(24)14-7-10-23(19(26)15(14)11-21-16)12-13-5-3-2-4-6-13;1-8(2,3)14-7(11)9-5-6-10-15(4,12)13/h2-7,10-11,22,24H,8-9,12H2,1H3,(H,20,25);10H,5-6H2,1-4H3,(H,9,11). The van der Waals surface area contributed by atoms with Crippen LogP contribution in [0, 0.1) is 0 Å². The van der Waals surface area contributed by atoms with Crippen molar-refractivity contribution in [2.75, 3.05) is 38.7 Å². The number of carbonyl (C=O) groups is 2. The largest absolute Gasteiger partial charge is 0.505 e. The maximum atomic E-state index is 12.7. The molecule has 3 aromatic rings. The predicted molar refractivity (Wildman–Crippen MR) is 165 cm³/mol. The molecule has 242 valence electrons. The monoisotopic (exact) mass is 654 g/mol. The van der Waals surface area contributed by atoms with Crippen LogP contribution in [0.3, 0.4) is 0 Å². The summed E-state index contributed by atoms with van der Waals surface area (Å²) in [7, 11) is -6.56. The fourth-order valence-electron chi connectivity index (χ4n) is 3.52. The maximum absolute atomic E-state index is 12.7. The Balaban J connectivity index is 0.000000382. The van der Waals surface area contributed by atoms with Crippen LogP contribution in [0.5, 0.6) is 5.75 Å². The van der Waals surface area contributed by atoms with Gasteiger partial charge in [0.2, 0.25) is 20.0 Å². The third-order valence-electron chi connectivity index (χ3n) is 5.35. The third kappa shape index (κ3) is 13.1. The van der Waals surface area contributed by atoms with Crippen LogP contribution >= 0.6 is 0 Å². The van der Waals surface area contributed by atoms with Gasteiger partial charge in [-0.15, -0.1) is 0 Å². The van der Waals surface area contributed by atoms with E-state index < -0.39 is 43.4 Å². The molecule has 5 N–H and O–H groups in total. The van der Waals surface area contributed by atoms with Gasteiger partial charge in [-0.25, -0.2) is 36.1 Å². The molecule has 0 saturated carbocycles. The Bertz CT molecular complexity index is 1720. The van der Waals surface area contributed by atoms with E-state index in [-0.39, 0.29) is 48.2 Å².